The van der Waals surface area contributed by atoms with Crippen molar-refractivity contribution in [3.8, 4) is 0 Å². The molecule has 4 amide bonds. The summed E-state index contributed by atoms with van der Waals surface area (Å²) in [5.74, 6) is -5.69. The number of aliphatic hydroxyl groups excluding tert-OH is 3. The van der Waals surface area contributed by atoms with Crippen molar-refractivity contribution in [1.29, 1.82) is 0 Å². The quantitative estimate of drug-likeness (QED) is 0.0317. The molecule has 28 heteroatoms. The van der Waals surface area contributed by atoms with Gasteiger partial charge in [-0.1, -0.05) is 72.8 Å². The van der Waals surface area contributed by atoms with Crippen molar-refractivity contribution in [2.24, 2.45) is 0 Å². The van der Waals surface area contributed by atoms with Gasteiger partial charge in [0.2, 0.25) is 23.6 Å². The van der Waals surface area contributed by atoms with Gasteiger partial charge in [0.15, 0.2) is 0 Å². The van der Waals surface area contributed by atoms with Crippen LogP contribution in [0.15, 0.2) is 146 Å². The van der Waals surface area contributed by atoms with Gasteiger partial charge in [0.25, 0.3) is 0 Å². The van der Waals surface area contributed by atoms with Crippen molar-refractivity contribution >= 4 is 139 Å². The van der Waals surface area contributed by atoms with Crippen molar-refractivity contribution < 1.29 is 74.7 Å². The van der Waals surface area contributed by atoms with E-state index < -0.39 is 58.6 Å². The maximum atomic E-state index is 14.2. The van der Waals surface area contributed by atoms with E-state index in [0.29, 0.717) is 72.0 Å². The number of rotatable bonds is 20. The Morgan fingerprint density at radius 2 is 0.718 bits per heavy atom. The summed E-state index contributed by atoms with van der Waals surface area (Å²) in [6, 6.07) is 35.0. The van der Waals surface area contributed by atoms with Crippen LogP contribution in [0.4, 0.5) is 57.9 Å². The van der Waals surface area contributed by atoms with Gasteiger partial charge >= 0.3 is 0 Å². The van der Waals surface area contributed by atoms with Crippen molar-refractivity contribution in [2.45, 2.75) is 58.2 Å². The van der Waals surface area contributed by atoms with Gasteiger partial charge in [-0.15, -0.1) is 0 Å². The molecule has 0 saturated heterocycles. The van der Waals surface area contributed by atoms with Crippen molar-refractivity contribution in [3.05, 3.63) is 237 Å². The maximum absolute atomic E-state index is 14.2. The van der Waals surface area contributed by atoms with Crippen LogP contribution in [0, 0.1) is 46.5 Å². The monoisotopic (exact) mass is 1410 g/mol. The Kier molecular flexibility index (Phi) is 25.3. The highest BCUT2D eigenvalue weighted by Crippen LogP contribution is 2.31. The zero-order chi connectivity index (χ0) is 73.9. The summed E-state index contributed by atoms with van der Waals surface area (Å²) in [5, 5.41) is 76.0. The summed E-state index contributed by atoms with van der Waals surface area (Å²) in [6.07, 6.45) is 12.2. The molecule has 530 valence electrons. The van der Waals surface area contributed by atoms with Gasteiger partial charge in [0, 0.05) is 51.4 Å². The molecule has 12 aromatic rings. The van der Waals surface area contributed by atoms with Gasteiger partial charge in [0.1, 0.15) is 46.5 Å². The number of nitrogens with one attached hydrogen (secondary N) is 8. The summed E-state index contributed by atoms with van der Waals surface area (Å²) < 4.78 is 109. The first-order valence-corrected chi connectivity index (χ1v) is 31.5. The van der Waals surface area contributed by atoms with E-state index in [1.165, 1.54) is 112 Å². The Balaban J connectivity index is 0.000000160. The molecule has 12 rings (SSSR count). The molecule has 1 unspecified atom stereocenters. The van der Waals surface area contributed by atoms with Crippen LogP contribution in [0.5, 0.6) is 0 Å². The summed E-state index contributed by atoms with van der Waals surface area (Å²) in [4.78, 5) is 46.9. The second-order valence-corrected chi connectivity index (χ2v) is 23.6. The van der Waals surface area contributed by atoms with Crippen LogP contribution in [0.2, 0.25) is 0 Å². The number of benzene rings is 8. The van der Waals surface area contributed by atoms with Crippen molar-refractivity contribution in [1.82, 2.24) is 40.8 Å². The molecular weight excluding hydrogens is 1350 g/mol. The van der Waals surface area contributed by atoms with E-state index in [-0.39, 0.29) is 84.9 Å². The van der Waals surface area contributed by atoms with Crippen LogP contribution in [0.1, 0.15) is 91.5 Å². The van der Waals surface area contributed by atoms with E-state index in [9.17, 15) is 64.5 Å². The lowest BCUT2D eigenvalue weighted by atomic mass is 10.1. The molecule has 4 heterocycles. The minimum atomic E-state index is -1.19. The van der Waals surface area contributed by atoms with Gasteiger partial charge in [0.05, 0.1) is 118 Å². The van der Waals surface area contributed by atoms with E-state index in [4.69, 9.17) is 10.2 Å². The fourth-order valence-corrected chi connectivity index (χ4v) is 9.84. The Bertz CT molecular complexity index is 5120. The third-order valence-electron chi connectivity index (χ3n) is 14.8. The lowest BCUT2D eigenvalue weighted by Crippen LogP contribution is -2.27. The van der Waals surface area contributed by atoms with Crippen LogP contribution < -0.4 is 21.3 Å². The smallest absolute Gasteiger partial charge is 0.227 e. The number of amides is 4. The number of hydrogen-bond acceptors (Lipinski definition) is 12. The van der Waals surface area contributed by atoms with Crippen LogP contribution in [-0.4, -0.2) is 110 Å². The molecule has 12 N–H and O–H groups in total. The van der Waals surface area contributed by atoms with Crippen LogP contribution >= 0.6 is 0 Å². The van der Waals surface area contributed by atoms with Gasteiger partial charge in [-0.05, 0) is 135 Å². The number of carbonyl (C=O) groups excluding carboxylic acids is 4. The first-order chi connectivity index (χ1) is 49.3. The molecule has 20 nitrogen and oxygen atoms in total. The van der Waals surface area contributed by atoms with Crippen LogP contribution in [0.3, 0.4) is 0 Å². The SMILES string of the molecule is CC(C)(O)CC(=O)Nc1cc2c(/C=C/c3ccc(F)cc3)n[nH]c2cc1F.CC(O)CC(=O)Nc1cc2c(/C=C/c3ccc(F)cc3)n[nH]c2cc1F.O=C(CCO)Nc1cc2c(/C=C/c3ccc(F)cc3)n[nH]c2cc1F.O=C(CCO)Nc1cc2c(/C=C/c3ccccc3F)n[nH]c2cc1F. The number of aromatic nitrogens is 8. The van der Waals surface area contributed by atoms with Crippen LogP contribution in [0.25, 0.3) is 92.2 Å². The number of nitrogens with zero attached hydrogens (tertiary/aromatic N) is 4. The minimum Gasteiger partial charge on any atom is -0.396 e. The highest BCUT2D eigenvalue weighted by Gasteiger charge is 2.21. The first kappa shape index (κ1) is 75.0. The number of aliphatic hydroxyl groups is 4. The maximum Gasteiger partial charge on any atom is 0.227 e. The van der Waals surface area contributed by atoms with E-state index in [1.807, 2.05) is 0 Å². The van der Waals surface area contributed by atoms with Crippen molar-refractivity contribution in [2.75, 3.05) is 34.5 Å². The van der Waals surface area contributed by atoms with E-state index in [0.717, 1.165) is 16.7 Å². The van der Waals surface area contributed by atoms with E-state index >= 15 is 0 Å². The summed E-state index contributed by atoms with van der Waals surface area (Å²) in [6.45, 7) is 3.85. The molecule has 0 aliphatic rings. The molecule has 0 saturated carbocycles. The second-order valence-electron chi connectivity index (χ2n) is 23.6. The Labute approximate surface area is 581 Å². The lowest BCUT2D eigenvalue weighted by Gasteiger charge is -2.16. The van der Waals surface area contributed by atoms with Gasteiger partial charge < -0.3 is 41.7 Å². The number of anilines is 4. The third kappa shape index (κ3) is 21.4. The predicted octanol–water partition coefficient (Wildman–Crippen LogP) is 14.5. The average Bonchev–Trinajstić information content (AvgIpc) is 1.70. The molecule has 0 radical (unpaired) electrons. The number of H-pyrrole nitrogens is 4. The molecule has 0 spiro atoms. The molecule has 0 aliphatic heterocycles. The number of hydrogen-bond donors (Lipinski definition) is 12. The summed E-state index contributed by atoms with van der Waals surface area (Å²) in [5.41, 5.74) is 5.63. The molecule has 8 aromatic carbocycles. The largest absolute Gasteiger partial charge is 0.396 e. The fraction of sp³-hybridized carbons (Fsp3) is 0.147. The number of halogens is 8. The normalized spacial score (nSPS) is 11.8. The number of carbonyl (C=O) groups is 4. The Hall–Kier alpha value is -12.2. The summed E-state index contributed by atoms with van der Waals surface area (Å²) >= 11 is 0. The van der Waals surface area contributed by atoms with E-state index in [2.05, 4.69) is 62.1 Å². The highest BCUT2D eigenvalue weighted by molar-refractivity contribution is 6.00. The Morgan fingerprint density at radius 1 is 0.417 bits per heavy atom. The number of aromatic amines is 4. The highest BCUT2D eigenvalue weighted by atomic mass is 19.2. The fourth-order valence-electron chi connectivity index (χ4n) is 9.84. The standard InChI is InChI=1S/C20H19F2N3O2.C19H17F2N3O2.2C18H15F2N3O2/c1-20(2,27)11-19(26)23-18-9-14-16(24-25-17(14)10-15(18)22)8-5-12-3-6-13(21)7-4-12;1-11(25)8-19(26)22-18-9-14-16(23-24-17(14)10-15(18)21)7-4-12-2-5-13(20)6-3-12;19-12-4-1-11(2-5-12)3-6-15-13-9-17(21-18(25)7-8-24)14(20)10-16(13)23-22-15;19-13-4-2-1-3-11(13)5-6-15-12-9-17(21-18(25)7-8-24)14(20)10-16(12)23-22-15/h3-10,27H,11H2,1-2H3,(H,23,26)(H,24,25);2-7,9-11,25H,8H2,1H3,(H,22,26)(H,23,24);2*1-6,9-10,24H,7-8H2,(H,21,25)(H,22,23)/b8-5+;7-4+;6-3+;6-5+. The molecular formula is C75H66F8N12O8. The molecule has 0 fully saturated rings. The third-order valence-corrected chi connectivity index (χ3v) is 14.8. The first-order valence-electron chi connectivity index (χ1n) is 31.5. The number of fused-ring (bicyclic) bond motifs is 4. The zero-order valence-corrected chi connectivity index (χ0v) is 55.0. The van der Waals surface area contributed by atoms with Gasteiger partial charge in [-0.25, -0.2) is 35.1 Å². The summed E-state index contributed by atoms with van der Waals surface area (Å²) in [7, 11) is 0. The predicted molar refractivity (Wildman–Crippen MR) is 381 cm³/mol. The topological polar surface area (TPSA) is 312 Å². The zero-order valence-electron chi connectivity index (χ0n) is 55.0. The average molecular weight is 1420 g/mol. The van der Waals surface area contributed by atoms with E-state index in [1.54, 1.807) is 103 Å². The lowest BCUT2D eigenvalue weighted by molar-refractivity contribution is -0.120. The minimum absolute atomic E-state index is 0.00658. The molecule has 1 atom stereocenters. The van der Waals surface area contributed by atoms with Gasteiger partial charge in [-0.3, -0.25) is 39.6 Å². The van der Waals surface area contributed by atoms with Crippen LogP contribution in [-0.2, 0) is 19.2 Å². The van der Waals surface area contributed by atoms with Crippen molar-refractivity contribution in [3.63, 3.8) is 0 Å². The second kappa shape index (κ2) is 34.7. The molecule has 0 bridgehead atoms. The van der Waals surface area contributed by atoms with Gasteiger partial charge in [-0.2, -0.15) is 20.4 Å². The molecule has 0 aliphatic carbocycles. The molecule has 103 heavy (non-hydrogen) atoms. The Morgan fingerprint density at radius 3 is 1.02 bits per heavy atom. The molecule has 4 aromatic heterocycles.